The molecule has 1 nitrogen and oxygen atoms in total. The maximum absolute atomic E-state index is 6.39. The van der Waals surface area contributed by atoms with Gasteiger partial charge in [-0.3, -0.25) is 0 Å². The number of hydrogen-bond acceptors (Lipinski definition) is 2. The summed E-state index contributed by atoms with van der Waals surface area (Å²) >= 11 is 15.3. The highest BCUT2D eigenvalue weighted by atomic mass is 79.9. The molecule has 0 saturated heterocycles. The van der Waals surface area contributed by atoms with Crippen LogP contribution in [0, 0.1) is 6.92 Å². The zero-order valence-corrected chi connectivity index (χ0v) is 16.8. The molecule has 5 heteroatoms. The summed E-state index contributed by atoms with van der Waals surface area (Å²) in [5, 5.41) is 4.48. The molecule has 0 radical (unpaired) electrons. The molecule has 1 heterocycles. The molecule has 1 N–H and O–H groups in total. The van der Waals surface area contributed by atoms with Crippen LogP contribution >= 0.6 is 54.8 Å². The molecule has 114 valence electrons. The van der Waals surface area contributed by atoms with E-state index in [1.165, 1.54) is 16.0 Å². The van der Waals surface area contributed by atoms with Crippen molar-refractivity contribution in [3.63, 3.8) is 0 Å². The highest BCUT2D eigenvalue weighted by molar-refractivity contribution is 9.13. The summed E-state index contributed by atoms with van der Waals surface area (Å²) in [4.78, 5) is 1.32. The lowest BCUT2D eigenvalue weighted by atomic mass is 10.0. The zero-order chi connectivity index (χ0) is 15.4. The van der Waals surface area contributed by atoms with E-state index in [4.69, 9.17) is 11.6 Å². The lowest BCUT2D eigenvalue weighted by Gasteiger charge is -2.18. The standard InChI is InChI=1S/C16H18Br2ClNS/c1-3-6-20-14(15-9-12(17)16(18)21-15)8-11-5-4-10(2)7-13(11)19/h4-5,7,9,14,20H,3,6,8H2,1-2H3. The van der Waals surface area contributed by atoms with Gasteiger partial charge in [0, 0.05) is 20.4 Å². The summed E-state index contributed by atoms with van der Waals surface area (Å²) in [5.41, 5.74) is 2.39. The second-order valence-corrected chi connectivity index (χ2v) is 8.74. The molecule has 2 rings (SSSR count). The fourth-order valence-electron chi connectivity index (χ4n) is 2.16. The molecule has 0 amide bonds. The first-order chi connectivity index (χ1) is 10.0. The first kappa shape index (κ1) is 17.5. The maximum Gasteiger partial charge on any atom is 0.0843 e. The van der Waals surface area contributed by atoms with Crippen LogP contribution in [-0.4, -0.2) is 6.54 Å². The molecule has 1 atom stereocenters. The third-order valence-corrected chi connectivity index (χ3v) is 7.00. The number of benzene rings is 1. The Labute approximate surface area is 152 Å². The topological polar surface area (TPSA) is 12.0 Å². The van der Waals surface area contributed by atoms with E-state index in [1.807, 2.05) is 6.07 Å². The third kappa shape index (κ3) is 4.80. The minimum Gasteiger partial charge on any atom is -0.309 e. The second kappa shape index (κ2) is 8.11. The van der Waals surface area contributed by atoms with Crippen molar-refractivity contribution in [3.8, 4) is 0 Å². The van der Waals surface area contributed by atoms with Gasteiger partial charge >= 0.3 is 0 Å². The molecule has 1 aromatic carbocycles. The van der Waals surface area contributed by atoms with E-state index in [9.17, 15) is 0 Å². The Kier molecular flexibility index (Phi) is 6.76. The van der Waals surface area contributed by atoms with Gasteiger partial charge in [-0.25, -0.2) is 0 Å². The van der Waals surface area contributed by atoms with E-state index in [-0.39, 0.29) is 6.04 Å². The molecule has 2 aromatic rings. The van der Waals surface area contributed by atoms with Crippen LogP contribution in [-0.2, 0) is 6.42 Å². The summed E-state index contributed by atoms with van der Waals surface area (Å²) in [5.74, 6) is 0. The molecule has 1 aromatic heterocycles. The number of aryl methyl sites for hydroxylation is 1. The second-order valence-electron chi connectivity index (χ2n) is 5.08. The van der Waals surface area contributed by atoms with E-state index >= 15 is 0 Å². The van der Waals surface area contributed by atoms with Crippen LogP contribution in [0.25, 0.3) is 0 Å². The van der Waals surface area contributed by atoms with Gasteiger partial charge < -0.3 is 5.32 Å². The van der Waals surface area contributed by atoms with E-state index < -0.39 is 0 Å². The summed E-state index contributed by atoms with van der Waals surface area (Å²) in [7, 11) is 0. The molecule has 0 spiro atoms. The summed E-state index contributed by atoms with van der Waals surface area (Å²) in [6.45, 7) is 5.25. The van der Waals surface area contributed by atoms with Crippen LogP contribution < -0.4 is 5.32 Å². The van der Waals surface area contributed by atoms with Crippen molar-refractivity contribution in [1.29, 1.82) is 0 Å². The number of thiophene rings is 1. The van der Waals surface area contributed by atoms with E-state index in [1.54, 1.807) is 11.3 Å². The minimum atomic E-state index is 0.290. The highest BCUT2D eigenvalue weighted by Crippen LogP contribution is 2.37. The van der Waals surface area contributed by atoms with Crippen LogP contribution in [0.2, 0.25) is 5.02 Å². The Balaban J connectivity index is 2.23. The van der Waals surface area contributed by atoms with Crippen molar-refractivity contribution in [3.05, 3.63) is 53.6 Å². The predicted molar refractivity (Wildman–Crippen MR) is 101 cm³/mol. The molecule has 0 aliphatic carbocycles. The van der Waals surface area contributed by atoms with Gasteiger partial charge in [-0.05, 0) is 81.4 Å². The molecule has 0 aliphatic rings. The van der Waals surface area contributed by atoms with Gasteiger partial charge in [0.1, 0.15) is 0 Å². The monoisotopic (exact) mass is 449 g/mol. The fraction of sp³-hybridized carbons (Fsp3) is 0.375. The van der Waals surface area contributed by atoms with Crippen molar-refractivity contribution in [2.24, 2.45) is 0 Å². The molecular weight excluding hydrogens is 434 g/mol. The van der Waals surface area contributed by atoms with Crippen LogP contribution in [0.15, 0.2) is 32.5 Å². The average molecular weight is 452 g/mol. The average Bonchev–Trinajstić information content (AvgIpc) is 2.77. The summed E-state index contributed by atoms with van der Waals surface area (Å²) in [6.07, 6.45) is 2.02. The SMILES string of the molecule is CCCNC(Cc1ccc(C)cc1Cl)c1cc(Br)c(Br)s1. The van der Waals surface area contributed by atoms with Gasteiger partial charge in [0.2, 0.25) is 0 Å². The van der Waals surface area contributed by atoms with Crippen molar-refractivity contribution >= 4 is 54.8 Å². The number of nitrogens with one attached hydrogen (secondary N) is 1. The van der Waals surface area contributed by atoms with Crippen molar-refractivity contribution < 1.29 is 0 Å². The van der Waals surface area contributed by atoms with Crippen molar-refractivity contribution in [2.75, 3.05) is 6.54 Å². The van der Waals surface area contributed by atoms with Gasteiger partial charge in [-0.15, -0.1) is 11.3 Å². The van der Waals surface area contributed by atoms with Gasteiger partial charge in [0.25, 0.3) is 0 Å². The van der Waals surface area contributed by atoms with E-state index in [0.29, 0.717) is 0 Å². The van der Waals surface area contributed by atoms with Gasteiger partial charge in [0.15, 0.2) is 0 Å². The van der Waals surface area contributed by atoms with E-state index in [2.05, 4.69) is 69.2 Å². The molecule has 0 bridgehead atoms. The Morgan fingerprint density at radius 2 is 2.05 bits per heavy atom. The van der Waals surface area contributed by atoms with Gasteiger partial charge in [-0.1, -0.05) is 30.7 Å². The van der Waals surface area contributed by atoms with Crippen LogP contribution in [0.5, 0.6) is 0 Å². The Morgan fingerprint density at radius 1 is 1.29 bits per heavy atom. The van der Waals surface area contributed by atoms with Crippen molar-refractivity contribution in [2.45, 2.75) is 32.7 Å². The lowest BCUT2D eigenvalue weighted by molar-refractivity contribution is 0.536. The highest BCUT2D eigenvalue weighted by Gasteiger charge is 2.17. The molecular formula is C16H18Br2ClNS. The van der Waals surface area contributed by atoms with Gasteiger partial charge in [0.05, 0.1) is 3.79 Å². The van der Waals surface area contributed by atoms with E-state index in [0.717, 1.165) is 32.7 Å². The van der Waals surface area contributed by atoms with Crippen LogP contribution in [0.3, 0.4) is 0 Å². The number of hydrogen-bond donors (Lipinski definition) is 1. The number of halogens is 3. The smallest absolute Gasteiger partial charge is 0.0843 e. The van der Waals surface area contributed by atoms with Gasteiger partial charge in [-0.2, -0.15) is 0 Å². The third-order valence-electron chi connectivity index (χ3n) is 3.28. The van der Waals surface area contributed by atoms with Crippen LogP contribution in [0.1, 0.15) is 35.4 Å². The molecule has 0 saturated carbocycles. The first-order valence-electron chi connectivity index (χ1n) is 6.94. The molecule has 1 unspecified atom stereocenters. The largest absolute Gasteiger partial charge is 0.309 e. The summed E-state index contributed by atoms with van der Waals surface area (Å²) < 4.78 is 2.25. The van der Waals surface area contributed by atoms with Crippen LogP contribution in [0.4, 0.5) is 0 Å². The zero-order valence-electron chi connectivity index (χ0n) is 12.1. The Morgan fingerprint density at radius 3 is 2.62 bits per heavy atom. The Bertz CT molecular complexity index is 593. The molecule has 21 heavy (non-hydrogen) atoms. The minimum absolute atomic E-state index is 0.290. The normalized spacial score (nSPS) is 12.6. The lowest BCUT2D eigenvalue weighted by Crippen LogP contribution is -2.23. The Hall–Kier alpha value is 0.130. The predicted octanol–water partition coefficient (Wildman–Crippen LogP) is 6.52. The molecule has 0 fully saturated rings. The maximum atomic E-state index is 6.39. The quantitative estimate of drug-likeness (QED) is 0.527. The first-order valence-corrected chi connectivity index (χ1v) is 9.72. The number of rotatable bonds is 6. The fourth-order valence-corrected chi connectivity index (χ4v) is 4.64. The van der Waals surface area contributed by atoms with Crippen molar-refractivity contribution in [1.82, 2.24) is 5.32 Å². The molecule has 0 aliphatic heterocycles. The summed E-state index contributed by atoms with van der Waals surface area (Å²) in [6, 6.07) is 8.77.